The molecule has 0 amide bonds. The molecule has 1 atom stereocenters. The fourth-order valence-electron chi connectivity index (χ4n) is 1.23. The Labute approximate surface area is 89.5 Å². The maximum Gasteiger partial charge on any atom is 0.150 e. The van der Waals surface area contributed by atoms with E-state index in [2.05, 4.69) is 10.1 Å². The molecule has 0 aromatic carbocycles. The van der Waals surface area contributed by atoms with E-state index < -0.39 is 0 Å². The molecule has 0 radical (unpaired) electrons. The highest BCUT2D eigenvalue weighted by Crippen LogP contribution is 2.09. The summed E-state index contributed by atoms with van der Waals surface area (Å²) in [5.41, 5.74) is 5.59. The summed E-state index contributed by atoms with van der Waals surface area (Å²) in [5.74, 6) is 1.80. The van der Waals surface area contributed by atoms with Crippen molar-refractivity contribution in [2.45, 2.75) is 39.7 Å². The molecule has 4 nitrogen and oxygen atoms in total. The third-order valence-corrected chi connectivity index (χ3v) is 2.50. The number of thiocarbonyl (C=S) groups is 1. The van der Waals surface area contributed by atoms with Crippen molar-refractivity contribution < 1.29 is 0 Å². The summed E-state index contributed by atoms with van der Waals surface area (Å²) in [7, 11) is 0. The first kappa shape index (κ1) is 11.1. The van der Waals surface area contributed by atoms with E-state index in [4.69, 9.17) is 18.0 Å². The highest BCUT2D eigenvalue weighted by atomic mass is 32.1. The van der Waals surface area contributed by atoms with E-state index in [1.807, 2.05) is 25.5 Å². The van der Waals surface area contributed by atoms with Gasteiger partial charge in [0.05, 0.1) is 4.99 Å². The lowest BCUT2D eigenvalue weighted by molar-refractivity contribution is 0.573. The van der Waals surface area contributed by atoms with Crippen LogP contribution in [0.15, 0.2) is 0 Å². The lowest BCUT2D eigenvalue weighted by Crippen LogP contribution is -2.24. The highest BCUT2D eigenvalue weighted by molar-refractivity contribution is 7.80. The van der Waals surface area contributed by atoms with Crippen LogP contribution in [-0.2, 0) is 12.8 Å². The van der Waals surface area contributed by atoms with Gasteiger partial charge in [0.2, 0.25) is 0 Å². The zero-order chi connectivity index (χ0) is 10.7. The van der Waals surface area contributed by atoms with Gasteiger partial charge in [0.15, 0.2) is 5.82 Å². The van der Waals surface area contributed by atoms with Crippen LogP contribution >= 0.6 is 12.2 Å². The number of aryl methyl sites for hydroxylation is 2. The molecule has 0 aliphatic carbocycles. The normalized spacial score (nSPS) is 12.8. The predicted molar refractivity (Wildman–Crippen MR) is 60.3 cm³/mol. The van der Waals surface area contributed by atoms with Gasteiger partial charge >= 0.3 is 0 Å². The Hall–Kier alpha value is -0.970. The summed E-state index contributed by atoms with van der Waals surface area (Å²) in [6, 6.07) is -0.0484. The van der Waals surface area contributed by atoms with Crippen molar-refractivity contribution in [3.8, 4) is 0 Å². The lowest BCUT2D eigenvalue weighted by atomic mass is 10.3. The molecule has 1 rings (SSSR count). The van der Waals surface area contributed by atoms with E-state index in [0.717, 1.165) is 24.5 Å². The van der Waals surface area contributed by atoms with E-state index in [0.29, 0.717) is 4.99 Å². The molecular weight excluding hydrogens is 196 g/mol. The first-order valence-electron chi connectivity index (χ1n) is 4.83. The van der Waals surface area contributed by atoms with Gasteiger partial charge in [-0.1, -0.05) is 26.1 Å². The largest absolute Gasteiger partial charge is 0.392 e. The molecule has 0 saturated heterocycles. The quantitative estimate of drug-likeness (QED) is 0.763. The summed E-state index contributed by atoms with van der Waals surface area (Å²) < 4.78 is 1.82. The summed E-state index contributed by atoms with van der Waals surface area (Å²) in [6.07, 6.45) is 1.68. The molecule has 0 aliphatic heterocycles. The highest BCUT2D eigenvalue weighted by Gasteiger charge is 2.14. The SMILES string of the molecule is CCc1nc(CC)n(C(C)C(N)=S)n1. The molecule has 14 heavy (non-hydrogen) atoms. The van der Waals surface area contributed by atoms with Gasteiger partial charge < -0.3 is 5.73 Å². The average Bonchev–Trinajstić information content (AvgIpc) is 2.59. The number of nitrogens with two attached hydrogens (primary N) is 1. The molecule has 0 spiro atoms. The third kappa shape index (κ3) is 2.09. The van der Waals surface area contributed by atoms with Gasteiger partial charge in [0.1, 0.15) is 11.9 Å². The molecule has 1 aromatic heterocycles. The number of nitrogens with zero attached hydrogens (tertiary/aromatic N) is 3. The maximum atomic E-state index is 5.59. The van der Waals surface area contributed by atoms with Gasteiger partial charge in [-0.05, 0) is 6.92 Å². The van der Waals surface area contributed by atoms with Gasteiger partial charge in [0.25, 0.3) is 0 Å². The molecule has 0 bridgehead atoms. The summed E-state index contributed by atoms with van der Waals surface area (Å²) in [6.45, 7) is 6.02. The van der Waals surface area contributed by atoms with Gasteiger partial charge in [-0.15, -0.1) is 0 Å². The summed E-state index contributed by atoms with van der Waals surface area (Å²) in [5, 5.41) is 4.36. The maximum absolute atomic E-state index is 5.59. The molecule has 5 heteroatoms. The zero-order valence-electron chi connectivity index (χ0n) is 8.82. The molecule has 0 aliphatic rings. The minimum absolute atomic E-state index is 0.0484. The molecule has 1 unspecified atom stereocenters. The standard InChI is InChI=1S/C9H16N4S/c1-4-7-11-8(5-2)13(12-7)6(3)9(10)14/h6H,4-5H2,1-3H3,(H2,10,14). The minimum atomic E-state index is -0.0484. The number of hydrogen-bond donors (Lipinski definition) is 1. The molecule has 0 fully saturated rings. The van der Waals surface area contributed by atoms with Crippen molar-refractivity contribution >= 4 is 17.2 Å². The van der Waals surface area contributed by atoms with Crippen LogP contribution in [-0.4, -0.2) is 19.8 Å². The Kier molecular flexibility index (Phi) is 3.57. The minimum Gasteiger partial charge on any atom is -0.392 e. The second kappa shape index (κ2) is 4.50. The molecule has 78 valence electrons. The van der Waals surface area contributed by atoms with Crippen molar-refractivity contribution in [1.82, 2.24) is 14.8 Å². The van der Waals surface area contributed by atoms with Crippen molar-refractivity contribution in [2.24, 2.45) is 5.73 Å². The van der Waals surface area contributed by atoms with E-state index in [-0.39, 0.29) is 6.04 Å². The van der Waals surface area contributed by atoms with Crippen molar-refractivity contribution in [1.29, 1.82) is 0 Å². The molecule has 0 saturated carbocycles. The van der Waals surface area contributed by atoms with Gasteiger partial charge in [0, 0.05) is 12.8 Å². The third-order valence-electron chi connectivity index (χ3n) is 2.16. The van der Waals surface area contributed by atoms with Crippen LogP contribution in [0.25, 0.3) is 0 Å². The van der Waals surface area contributed by atoms with Crippen LogP contribution in [0, 0.1) is 0 Å². The summed E-state index contributed by atoms with van der Waals surface area (Å²) in [4.78, 5) is 4.84. The molecular formula is C9H16N4S. The van der Waals surface area contributed by atoms with Crippen LogP contribution in [0.4, 0.5) is 0 Å². The molecule has 1 aromatic rings. The lowest BCUT2D eigenvalue weighted by Gasteiger charge is -2.11. The van der Waals surface area contributed by atoms with Crippen LogP contribution < -0.4 is 5.73 Å². The second-order valence-electron chi connectivity index (χ2n) is 3.17. The number of hydrogen-bond acceptors (Lipinski definition) is 3. The van der Waals surface area contributed by atoms with Gasteiger partial charge in [-0.2, -0.15) is 5.10 Å². The fourth-order valence-corrected chi connectivity index (χ4v) is 1.33. The Bertz CT molecular complexity index is 332. The van der Waals surface area contributed by atoms with Crippen LogP contribution in [0.5, 0.6) is 0 Å². The van der Waals surface area contributed by atoms with Gasteiger partial charge in [-0.3, -0.25) is 0 Å². The van der Waals surface area contributed by atoms with Crippen LogP contribution in [0.1, 0.15) is 38.5 Å². The smallest absolute Gasteiger partial charge is 0.150 e. The first-order chi connectivity index (χ1) is 6.60. The topological polar surface area (TPSA) is 56.7 Å². The Morgan fingerprint density at radius 1 is 1.50 bits per heavy atom. The zero-order valence-corrected chi connectivity index (χ0v) is 9.64. The van der Waals surface area contributed by atoms with E-state index in [1.165, 1.54) is 0 Å². The Morgan fingerprint density at radius 3 is 2.57 bits per heavy atom. The van der Waals surface area contributed by atoms with Crippen LogP contribution in [0.3, 0.4) is 0 Å². The Morgan fingerprint density at radius 2 is 2.14 bits per heavy atom. The van der Waals surface area contributed by atoms with Crippen LogP contribution in [0.2, 0.25) is 0 Å². The molecule has 1 heterocycles. The first-order valence-corrected chi connectivity index (χ1v) is 5.24. The van der Waals surface area contributed by atoms with Gasteiger partial charge in [-0.25, -0.2) is 9.67 Å². The van der Waals surface area contributed by atoms with Crippen molar-refractivity contribution in [3.63, 3.8) is 0 Å². The Balaban J connectivity index is 3.05. The number of rotatable bonds is 4. The molecule has 2 N–H and O–H groups in total. The fraction of sp³-hybridized carbons (Fsp3) is 0.667. The average molecular weight is 212 g/mol. The van der Waals surface area contributed by atoms with Crippen molar-refractivity contribution in [2.75, 3.05) is 0 Å². The predicted octanol–water partition coefficient (Wildman–Crippen LogP) is 1.25. The van der Waals surface area contributed by atoms with Crippen molar-refractivity contribution in [3.05, 3.63) is 11.6 Å². The summed E-state index contributed by atoms with van der Waals surface area (Å²) >= 11 is 4.94. The van der Waals surface area contributed by atoms with E-state index in [9.17, 15) is 0 Å². The van der Waals surface area contributed by atoms with E-state index >= 15 is 0 Å². The monoisotopic (exact) mass is 212 g/mol. The number of aromatic nitrogens is 3. The van der Waals surface area contributed by atoms with E-state index in [1.54, 1.807) is 0 Å². The second-order valence-corrected chi connectivity index (χ2v) is 3.65.